The molecule has 7 heteroatoms. The summed E-state index contributed by atoms with van der Waals surface area (Å²) in [4.78, 5) is 2.04. The third kappa shape index (κ3) is 4.93. The Hall–Kier alpha value is -2.40. The first-order chi connectivity index (χ1) is 14.8. The number of methoxy groups -OCH3 is 1. The average Bonchev–Trinajstić information content (AvgIpc) is 2.75. The van der Waals surface area contributed by atoms with E-state index in [4.69, 9.17) is 4.74 Å². The van der Waals surface area contributed by atoms with Gasteiger partial charge in [0.2, 0.25) is 0 Å². The lowest BCUT2D eigenvalue weighted by atomic mass is 9.86. The average molecular weight is 443 g/mol. The van der Waals surface area contributed by atoms with Crippen LogP contribution in [0.2, 0.25) is 0 Å². The van der Waals surface area contributed by atoms with E-state index in [0.717, 1.165) is 42.4 Å². The zero-order chi connectivity index (χ0) is 22.6. The highest BCUT2D eigenvalue weighted by Gasteiger charge is 2.36. The molecule has 6 nitrogen and oxygen atoms in total. The molecule has 2 atom stereocenters. The Balaban J connectivity index is 2.18. The van der Waals surface area contributed by atoms with E-state index in [2.05, 4.69) is 17.9 Å². The van der Waals surface area contributed by atoms with Gasteiger partial charge >= 0.3 is 0 Å². The Labute approximate surface area is 185 Å². The van der Waals surface area contributed by atoms with Crippen LogP contribution < -0.4 is 4.74 Å². The Kier molecular flexibility index (Phi) is 7.37. The highest BCUT2D eigenvalue weighted by atomic mass is 32.2. The molecule has 0 bridgehead atoms. The second kappa shape index (κ2) is 9.82. The molecule has 0 saturated carbocycles. The summed E-state index contributed by atoms with van der Waals surface area (Å²) in [6.07, 6.45) is 4.15. The van der Waals surface area contributed by atoms with E-state index >= 15 is 0 Å². The van der Waals surface area contributed by atoms with Crippen LogP contribution in [0.4, 0.5) is 0 Å². The minimum absolute atomic E-state index is 0.0409. The Morgan fingerprint density at radius 3 is 2.71 bits per heavy atom. The topological polar surface area (TPSA) is 90.6 Å². The summed E-state index contributed by atoms with van der Waals surface area (Å²) in [5.41, 5.74) is 3.42. The fourth-order valence-corrected chi connectivity index (χ4v) is 5.43. The summed E-state index contributed by atoms with van der Waals surface area (Å²) in [5, 5.41) is 10.1. The molecular formula is C24H30N2O4S. The molecule has 1 aliphatic rings. The Morgan fingerprint density at radius 2 is 2.06 bits per heavy atom. The van der Waals surface area contributed by atoms with Crippen molar-refractivity contribution in [1.29, 1.82) is 5.26 Å². The Morgan fingerprint density at radius 1 is 1.29 bits per heavy atom. The van der Waals surface area contributed by atoms with Crippen LogP contribution in [0.15, 0.2) is 41.3 Å². The van der Waals surface area contributed by atoms with E-state index in [0.29, 0.717) is 24.3 Å². The number of nitrogens with zero attached hydrogens (tertiary/aromatic N) is 2. The van der Waals surface area contributed by atoms with Crippen LogP contribution in [-0.4, -0.2) is 31.5 Å². The van der Waals surface area contributed by atoms with Crippen molar-refractivity contribution in [2.75, 3.05) is 13.7 Å². The van der Waals surface area contributed by atoms with Gasteiger partial charge in [-0.3, -0.25) is 9.45 Å². The van der Waals surface area contributed by atoms with Crippen LogP contribution in [-0.2, 0) is 16.5 Å². The van der Waals surface area contributed by atoms with Crippen molar-refractivity contribution in [3.8, 4) is 11.8 Å². The van der Waals surface area contributed by atoms with Crippen LogP contribution in [0.3, 0.4) is 0 Å². The zero-order valence-electron chi connectivity index (χ0n) is 18.3. The summed E-state index contributed by atoms with van der Waals surface area (Å²) in [6.45, 7) is 4.69. The molecule has 0 radical (unpaired) electrons. The maximum atomic E-state index is 12.3. The molecule has 0 spiro atoms. The predicted octanol–water partition coefficient (Wildman–Crippen LogP) is 4.99. The highest BCUT2D eigenvalue weighted by molar-refractivity contribution is 7.85. The third-order valence-corrected chi connectivity index (χ3v) is 6.98. The molecule has 2 aromatic rings. The minimum Gasteiger partial charge on any atom is -0.497 e. The van der Waals surface area contributed by atoms with Crippen LogP contribution in [0.5, 0.6) is 5.75 Å². The van der Waals surface area contributed by atoms with Crippen LogP contribution in [0, 0.1) is 18.3 Å². The molecule has 3 rings (SSSR count). The monoisotopic (exact) mass is 442 g/mol. The lowest BCUT2D eigenvalue weighted by Crippen LogP contribution is -2.37. The van der Waals surface area contributed by atoms with Crippen molar-refractivity contribution in [2.45, 2.75) is 62.9 Å². The van der Waals surface area contributed by atoms with Gasteiger partial charge in [0.15, 0.2) is 0 Å². The molecule has 166 valence electrons. The zero-order valence-corrected chi connectivity index (χ0v) is 19.2. The summed E-state index contributed by atoms with van der Waals surface area (Å²) in [6, 6.07) is 12.3. The van der Waals surface area contributed by atoms with E-state index in [1.54, 1.807) is 13.2 Å². The molecule has 1 aliphatic heterocycles. The first-order valence-corrected chi connectivity index (χ1v) is 12.1. The normalized spacial score (nSPS) is 18.4. The predicted molar refractivity (Wildman–Crippen MR) is 120 cm³/mol. The highest BCUT2D eigenvalue weighted by Crippen LogP contribution is 2.42. The maximum Gasteiger partial charge on any atom is 0.294 e. The van der Waals surface area contributed by atoms with Gasteiger partial charge in [0.05, 0.1) is 18.1 Å². The van der Waals surface area contributed by atoms with Gasteiger partial charge in [-0.15, -0.1) is 0 Å². The Bertz CT molecular complexity index is 1080. The standard InChI is InChI=1S/C24H30N2O4S/c1-4-8-20-17(2)12-13-23(31(27,28)29)24(20)21-11-5-6-14-26(21)22(16-25)18-9-7-10-19(15-18)30-3/h7,9-10,12-13,15,21-22H,4-6,8,11,14H2,1-3H3,(H,27,28,29). The lowest BCUT2D eigenvalue weighted by Gasteiger charge is -2.40. The molecule has 31 heavy (non-hydrogen) atoms. The number of aryl methyl sites for hydroxylation is 1. The smallest absolute Gasteiger partial charge is 0.294 e. The molecule has 1 fully saturated rings. The van der Waals surface area contributed by atoms with Crippen molar-refractivity contribution in [3.63, 3.8) is 0 Å². The number of piperidine rings is 1. The van der Waals surface area contributed by atoms with Gasteiger partial charge in [0.1, 0.15) is 11.8 Å². The molecule has 1 N–H and O–H groups in total. The molecule has 0 aromatic heterocycles. The lowest BCUT2D eigenvalue weighted by molar-refractivity contribution is 0.117. The second-order valence-corrected chi connectivity index (χ2v) is 9.45. The van der Waals surface area contributed by atoms with Gasteiger partial charge in [-0.1, -0.05) is 38.0 Å². The molecule has 2 unspecified atom stereocenters. The molecule has 1 heterocycles. The summed E-state index contributed by atoms with van der Waals surface area (Å²) < 4.78 is 40.0. The number of ether oxygens (including phenoxy) is 1. The SMILES string of the molecule is CCCc1c(C)ccc(S(=O)(=O)O)c1C1CCCCN1C(C#N)c1cccc(OC)c1. The number of hydrogen-bond donors (Lipinski definition) is 1. The molecule has 0 aliphatic carbocycles. The maximum absolute atomic E-state index is 12.3. The molecule has 0 amide bonds. The van der Waals surface area contributed by atoms with Gasteiger partial charge in [-0.25, -0.2) is 0 Å². The van der Waals surface area contributed by atoms with E-state index in [-0.39, 0.29) is 10.9 Å². The fourth-order valence-electron chi connectivity index (χ4n) is 4.65. The van der Waals surface area contributed by atoms with Crippen molar-refractivity contribution in [1.82, 2.24) is 4.90 Å². The summed E-state index contributed by atoms with van der Waals surface area (Å²) >= 11 is 0. The van der Waals surface area contributed by atoms with Crippen molar-refractivity contribution in [2.24, 2.45) is 0 Å². The van der Waals surface area contributed by atoms with Crippen LogP contribution in [0.25, 0.3) is 0 Å². The summed E-state index contributed by atoms with van der Waals surface area (Å²) in [7, 11) is -2.81. The van der Waals surface area contributed by atoms with Crippen LogP contribution in [0.1, 0.15) is 66.9 Å². The van der Waals surface area contributed by atoms with Crippen molar-refractivity contribution >= 4 is 10.1 Å². The van der Waals surface area contributed by atoms with Gasteiger partial charge < -0.3 is 4.74 Å². The van der Waals surface area contributed by atoms with Gasteiger partial charge in [0, 0.05) is 12.6 Å². The van der Waals surface area contributed by atoms with Gasteiger partial charge in [-0.05, 0) is 66.6 Å². The fraction of sp³-hybridized carbons (Fsp3) is 0.458. The number of nitriles is 1. The molecule has 2 aromatic carbocycles. The summed E-state index contributed by atoms with van der Waals surface area (Å²) in [5.74, 6) is 0.673. The number of hydrogen-bond acceptors (Lipinski definition) is 5. The first-order valence-electron chi connectivity index (χ1n) is 10.7. The van der Waals surface area contributed by atoms with Crippen molar-refractivity contribution < 1.29 is 17.7 Å². The molecule has 1 saturated heterocycles. The number of likely N-dealkylation sites (tertiary alicyclic amines) is 1. The van der Waals surface area contributed by atoms with Crippen molar-refractivity contribution in [3.05, 3.63) is 58.7 Å². The first kappa shape index (κ1) is 23.3. The third-order valence-electron chi connectivity index (χ3n) is 6.07. The van der Waals surface area contributed by atoms with E-state index in [1.807, 2.05) is 31.2 Å². The van der Waals surface area contributed by atoms with Gasteiger partial charge in [-0.2, -0.15) is 13.7 Å². The largest absolute Gasteiger partial charge is 0.497 e. The van der Waals surface area contributed by atoms with Crippen LogP contribution >= 0.6 is 0 Å². The van der Waals surface area contributed by atoms with E-state index < -0.39 is 16.2 Å². The van der Waals surface area contributed by atoms with E-state index in [1.165, 1.54) is 6.07 Å². The van der Waals surface area contributed by atoms with E-state index in [9.17, 15) is 18.2 Å². The molecular weight excluding hydrogens is 412 g/mol. The quantitative estimate of drug-likeness (QED) is 0.607. The van der Waals surface area contributed by atoms with Gasteiger partial charge in [0.25, 0.3) is 10.1 Å². The number of benzene rings is 2. The number of rotatable bonds is 7. The second-order valence-electron chi connectivity index (χ2n) is 8.06. The minimum atomic E-state index is -4.40.